The lowest BCUT2D eigenvalue weighted by molar-refractivity contribution is 0.0955. The summed E-state index contributed by atoms with van der Waals surface area (Å²) in [6.45, 7) is 8.67. The highest BCUT2D eigenvalue weighted by Gasteiger charge is 2.10. The van der Waals surface area contributed by atoms with Gasteiger partial charge in [-0.1, -0.05) is 37.6 Å². The fourth-order valence-corrected chi connectivity index (χ4v) is 3.26. The van der Waals surface area contributed by atoms with Crippen molar-refractivity contribution in [1.82, 2.24) is 10.6 Å². The predicted molar refractivity (Wildman–Crippen MR) is 93.4 cm³/mol. The van der Waals surface area contributed by atoms with E-state index in [1.165, 1.54) is 21.6 Å². The quantitative estimate of drug-likeness (QED) is 0.818. The summed E-state index contributed by atoms with van der Waals surface area (Å²) in [7, 11) is 0. The van der Waals surface area contributed by atoms with Gasteiger partial charge in [0.15, 0.2) is 0 Å². The van der Waals surface area contributed by atoms with E-state index in [0.717, 1.165) is 24.4 Å². The number of rotatable bonds is 7. The maximum atomic E-state index is 12.3. The lowest BCUT2D eigenvalue weighted by Crippen LogP contribution is -2.22. The molecule has 2 N–H and O–H groups in total. The molecule has 0 atom stereocenters. The Morgan fingerprint density at radius 3 is 2.64 bits per heavy atom. The van der Waals surface area contributed by atoms with Crippen LogP contribution in [0.4, 0.5) is 0 Å². The number of hydrogen-bond donors (Lipinski definition) is 2. The molecular weight excluding hydrogens is 292 g/mol. The zero-order valence-corrected chi connectivity index (χ0v) is 14.3. The Labute approximate surface area is 136 Å². The Kier molecular flexibility index (Phi) is 6.16. The van der Waals surface area contributed by atoms with Crippen LogP contribution in [0.3, 0.4) is 0 Å². The van der Waals surface area contributed by atoms with Crippen LogP contribution < -0.4 is 10.6 Å². The van der Waals surface area contributed by atoms with Crippen molar-refractivity contribution in [1.29, 1.82) is 0 Å². The molecule has 1 amide bonds. The average molecular weight is 316 g/mol. The molecule has 0 aliphatic rings. The topological polar surface area (TPSA) is 41.1 Å². The summed E-state index contributed by atoms with van der Waals surface area (Å²) in [6, 6.07) is 10.3. The molecule has 0 fully saturated rings. The molecule has 0 radical (unpaired) electrons. The summed E-state index contributed by atoms with van der Waals surface area (Å²) in [5.41, 5.74) is 3.77. The molecular formula is C18H24N2OS. The number of hydrogen-bond acceptors (Lipinski definition) is 3. The van der Waals surface area contributed by atoms with Gasteiger partial charge in [0, 0.05) is 18.0 Å². The standard InChI is InChI=1S/C18H24N2OS/c1-4-14-10-13(3)6-7-15(14)11-20-18(21)17-9-8-16(22-17)12-19-5-2/h6-10,19H,4-5,11-12H2,1-3H3,(H,20,21). The Bertz CT molecular complexity index is 634. The molecule has 1 aromatic heterocycles. The second-order valence-electron chi connectivity index (χ2n) is 5.35. The summed E-state index contributed by atoms with van der Waals surface area (Å²) < 4.78 is 0. The van der Waals surface area contributed by atoms with Gasteiger partial charge in [-0.05, 0) is 43.1 Å². The van der Waals surface area contributed by atoms with Gasteiger partial charge < -0.3 is 10.6 Å². The molecule has 2 aromatic rings. The van der Waals surface area contributed by atoms with Crippen molar-refractivity contribution in [3.05, 3.63) is 56.8 Å². The third-order valence-electron chi connectivity index (χ3n) is 3.62. The third-order valence-corrected chi connectivity index (χ3v) is 4.70. The Morgan fingerprint density at radius 2 is 1.91 bits per heavy atom. The molecule has 118 valence electrons. The summed E-state index contributed by atoms with van der Waals surface area (Å²) >= 11 is 1.55. The van der Waals surface area contributed by atoms with E-state index in [9.17, 15) is 4.79 Å². The minimum atomic E-state index is 0.00961. The van der Waals surface area contributed by atoms with E-state index in [0.29, 0.717) is 6.54 Å². The van der Waals surface area contributed by atoms with Crippen LogP contribution in [0.5, 0.6) is 0 Å². The number of aryl methyl sites for hydroxylation is 2. The second kappa shape index (κ2) is 8.11. The van der Waals surface area contributed by atoms with Crippen molar-refractivity contribution in [2.45, 2.75) is 40.3 Å². The molecule has 0 unspecified atom stereocenters. The van der Waals surface area contributed by atoms with Gasteiger partial charge in [0.2, 0.25) is 0 Å². The highest BCUT2D eigenvalue weighted by Crippen LogP contribution is 2.17. The first-order valence-electron chi connectivity index (χ1n) is 7.80. The molecule has 0 saturated heterocycles. The van der Waals surface area contributed by atoms with Crippen molar-refractivity contribution in [2.24, 2.45) is 0 Å². The molecule has 0 saturated carbocycles. The molecule has 0 aliphatic heterocycles. The molecule has 4 heteroatoms. The molecule has 0 spiro atoms. The van der Waals surface area contributed by atoms with Crippen molar-refractivity contribution in [3.8, 4) is 0 Å². The number of carbonyl (C=O) groups is 1. The molecule has 1 aromatic carbocycles. The van der Waals surface area contributed by atoms with E-state index < -0.39 is 0 Å². The molecule has 22 heavy (non-hydrogen) atoms. The fraction of sp³-hybridized carbons (Fsp3) is 0.389. The summed E-state index contributed by atoms with van der Waals surface area (Å²) in [4.78, 5) is 14.2. The van der Waals surface area contributed by atoms with Crippen LogP contribution in [0.25, 0.3) is 0 Å². The van der Waals surface area contributed by atoms with Crippen LogP contribution in [-0.4, -0.2) is 12.5 Å². The number of amides is 1. The maximum absolute atomic E-state index is 12.3. The second-order valence-corrected chi connectivity index (χ2v) is 6.52. The molecule has 1 heterocycles. The van der Waals surface area contributed by atoms with E-state index in [4.69, 9.17) is 0 Å². The number of thiophene rings is 1. The fourth-order valence-electron chi connectivity index (χ4n) is 2.36. The summed E-state index contributed by atoms with van der Waals surface area (Å²) in [5, 5.41) is 6.30. The van der Waals surface area contributed by atoms with Crippen molar-refractivity contribution >= 4 is 17.2 Å². The lowest BCUT2D eigenvalue weighted by Gasteiger charge is -2.10. The first-order chi connectivity index (χ1) is 10.6. The van der Waals surface area contributed by atoms with Crippen LogP contribution in [0.15, 0.2) is 30.3 Å². The average Bonchev–Trinajstić information content (AvgIpc) is 3.00. The SMILES string of the molecule is CCNCc1ccc(C(=O)NCc2ccc(C)cc2CC)s1. The van der Waals surface area contributed by atoms with Gasteiger partial charge in [0.05, 0.1) is 4.88 Å². The van der Waals surface area contributed by atoms with Gasteiger partial charge in [0.1, 0.15) is 0 Å². The van der Waals surface area contributed by atoms with Gasteiger partial charge >= 0.3 is 0 Å². The van der Waals surface area contributed by atoms with Crippen molar-refractivity contribution in [2.75, 3.05) is 6.54 Å². The van der Waals surface area contributed by atoms with E-state index in [2.05, 4.69) is 49.6 Å². The summed E-state index contributed by atoms with van der Waals surface area (Å²) in [5.74, 6) is 0.00961. The van der Waals surface area contributed by atoms with E-state index in [1.54, 1.807) is 11.3 Å². The minimum Gasteiger partial charge on any atom is -0.347 e. The van der Waals surface area contributed by atoms with Crippen molar-refractivity contribution < 1.29 is 4.79 Å². The normalized spacial score (nSPS) is 10.7. The molecule has 0 aliphatic carbocycles. The van der Waals surface area contributed by atoms with Gasteiger partial charge in [-0.3, -0.25) is 4.79 Å². The van der Waals surface area contributed by atoms with E-state index >= 15 is 0 Å². The third kappa shape index (κ3) is 4.42. The number of carbonyl (C=O) groups excluding carboxylic acids is 1. The Hall–Kier alpha value is -1.65. The lowest BCUT2D eigenvalue weighted by atomic mass is 10.0. The maximum Gasteiger partial charge on any atom is 0.261 e. The Morgan fingerprint density at radius 1 is 1.09 bits per heavy atom. The number of benzene rings is 1. The zero-order valence-electron chi connectivity index (χ0n) is 13.5. The largest absolute Gasteiger partial charge is 0.347 e. The first kappa shape index (κ1) is 16.7. The van der Waals surface area contributed by atoms with E-state index in [-0.39, 0.29) is 5.91 Å². The predicted octanol–water partition coefficient (Wildman–Crippen LogP) is 3.66. The first-order valence-corrected chi connectivity index (χ1v) is 8.61. The Balaban J connectivity index is 1.96. The van der Waals surface area contributed by atoms with Crippen LogP contribution in [0.2, 0.25) is 0 Å². The number of nitrogens with one attached hydrogen (secondary N) is 2. The van der Waals surface area contributed by atoms with Crippen molar-refractivity contribution in [3.63, 3.8) is 0 Å². The van der Waals surface area contributed by atoms with Gasteiger partial charge in [-0.2, -0.15) is 0 Å². The molecule has 0 bridgehead atoms. The van der Waals surface area contributed by atoms with Crippen LogP contribution >= 0.6 is 11.3 Å². The van der Waals surface area contributed by atoms with E-state index in [1.807, 2.05) is 12.1 Å². The molecule has 2 rings (SSSR count). The van der Waals surface area contributed by atoms with Gasteiger partial charge in [-0.15, -0.1) is 11.3 Å². The highest BCUT2D eigenvalue weighted by molar-refractivity contribution is 7.14. The van der Waals surface area contributed by atoms with Gasteiger partial charge in [-0.25, -0.2) is 0 Å². The van der Waals surface area contributed by atoms with Gasteiger partial charge in [0.25, 0.3) is 5.91 Å². The minimum absolute atomic E-state index is 0.00961. The smallest absolute Gasteiger partial charge is 0.261 e. The molecule has 3 nitrogen and oxygen atoms in total. The monoisotopic (exact) mass is 316 g/mol. The van der Waals surface area contributed by atoms with Crippen LogP contribution in [-0.2, 0) is 19.5 Å². The zero-order chi connectivity index (χ0) is 15.9. The summed E-state index contributed by atoms with van der Waals surface area (Å²) in [6.07, 6.45) is 0.985. The van der Waals surface area contributed by atoms with Crippen LogP contribution in [0.1, 0.15) is 45.1 Å². The van der Waals surface area contributed by atoms with Crippen LogP contribution in [0, 0.1) is 6.92 Å². The highest BCUT2D eigenvalue weighted by atomic mass is 32.1.